The predicted molar refractivity (Wildman–Crippen MR) is 125 cm³/mol. The molecule has 1 aromatic carbocycles. The van der Waals surface area contributed by atoms with Gasteiger partial charge in [-0.25, -0.2) is 10.4 Å². The first-order valence-corrected chi connectivity index (χ1v) is 10.8. The molecule has 0 bridgehead atoms. The van der Waals surface area contributed by atoms with E-state index in [1.807, 2.05) is 13.0 Å². The number of furan rings is 1. The van der Waals surface area contributed by atoms with E-state index in [-0.39, 0.29) is 23.8 Å². The number of aryl methyl sites for hydroxylation is 2. The Morgan fingerprint density at radius 2 is 1.94 bits per heavy atom. The molecular formula is C24H23N5O5. The van der Waals surface area contributed by atoms with Gasteiger partial charge in [-0.15, -0.1) is 0 Å². The summed E-state index contributed by atoms with van der Waals surface area (Å²) in [6.45, 7) is 3.70. The van der Waals surface area contributed by atoms with E-state index in [0.29, 0.717) is 41.3 Å². The molecule has 0 atom stereocenters. The van der Waals surface area contributed by atoms with Crippen LogP contribution in [0.3, 0.4) is 0 Å². The highest BCUT2D eigenvalue weighted by molar-refractivity contribution is 6.09. The van der Waals surface area contributed by atoms with E-state index in [0.717, 1.165) is 17.5 Å². The number of carbonyl (C=O) groups excluding carboxylic acids is 2. The Bertz CT molecular complexity index is 1290. The molecule has 3 aromatic rings. The maximum absolute atomic E-state index is 12.8. The fourth-order valence-corrected chi connectivity index (χ4v) is 3.86. The summed E-state index contributed by atoms with van der Waals surface area (Å²) in [5, 5.41) is 17.8. The molecule has 0 fully saturated rings. The van der Waals surface area contributed by atoms with Crippen molar-refractivity contribution in [1.82, 2.24) is 10.4 Å². The number of hydrogen-bond acceptors (Lipinski definition) is 7. The number of aromatic nitrogens is 1. The molecule has 2 heterocycles. The van der Waals surface area contributed by atoms with Crippen molar-refractivity contribution in [3.8, 4) is 0 Å². The van der Waals surface area contributed by atoms with Crippen LogP contribution in [-0.2, 0) is 17.6 Å². The topological polar surface area (TPSA) is 140 Å². The summed E-state index contributed by atoms with van der Waals surface area (Å²) in [6, 6.07) is 9.40. The highest BCUT2D eigenvalue weighted by Gasteiger charge is 2.28. The van der Waals surface area contributed by atoms with Crippen molar-refractivity contribution in [2.45, 2.75) is 39.5 Å². The molecule has 174 valence electrons. The first-order chi connectivity index (χ1) is 16.3. The molecule has 2 amide bonds. The van der Waals surface area contributed by atoms with E-state index in [4.69, 9.17) is 4.42 Å². The normalized spacial score (nSPS) is 13.9. The van der Waals surface area contributed by atoms with E-state index in [1.165, 1.54) is 24.3 Å². The van der Waals surface area contributed by atoms with Crippen LogP contribution in [0, 0.1) is 24.0 Å². The molecule has 0 unspecified atom stereocenters. The molecule has 2 aromatic heterocycles. The minimum atomic E-state index is -0.490. The maximum atomic E-state index is 12.8. The van der Waals surface area contributed by atoms with Crippen LogP contribution in [0.2, 0.25) is 0 Å². The molecule has 10 heteroatoms. The fraction of sp³-hybridized carbons (Fsp3) is 0.250. The molecule has 0 aliphatic heterocycles. The number of benzene rings is 1. The van der Waals surface area contributed by atoms with Crippen molar-refractivity contribution >= 4 is 29.0 Å². The minimum Gasteiger partial charge on any atom is -0.455 e. The van der Waals surface area contributed by atoms with Gasteiger partial charge in [-0.2, -0.15) is 5.10 Å². The van der Waals surface area contributed by atoms with Gasteiger partial charge in [-0.3, -0.25) is 19.7 Å². The molecule has 0 spiro atoms. The van der Waals surface area contributed by atoms with Crippen LogP contribution in [-0.4, -0.2) is 27.4 Å². The second-order valence-electron chi connectivity index (χ2n) is 8.07. The van der Waals surface area contributed by atoms with Crippen LogP contribution in [0.5, 0.6) is 0 Å². The lowest BCUT2D eigenvalue weighted by molar-refractivity contribution is -0.384. The van der Waals surface area contributed by atoms with Crippen LogP contribution in [0.15, 0.2) is 52.1 Å². The third-order valence-electron chi connectivity index (χ3n) is 5.52. The highest BCUT2D eigenvalue weighted by Crippen LogP contribution is 2.30. The number of nitrogens with one attached hydrogen (secondary N) is 2. The zero-order valence-electron chi connectivity index (χ0n) is 18.8. The van der Waals surface area contributed by atoms with Gasteiger partial charge in [-0.1, -0.05) is 12.1 Å². The van der Waals surface area contributed by atoms with Gasteiger partial charge in [0.1, 0.15) is 11.6 Å². The number of nitro benzene ring substituents is 1. The quantitative estimate of drug-likeness (QED) is 0.422. The van der Waals surface area contributed by atoms with E-state index in [9.17, 15) is 19.7 Å². The van der Waals surface area contributed by atoms with Crippen LogP contribution < -0.4 is 10.7 Å². The maximum Gasteiger partial charge on any atom is 0.292 e. The Hall–Kier alpha value is -4.34. The minimum absolute atomic E-state index is 0.0309. The number of hydrazone groups is 1. The highest BCUT2D eigenvalue weighted by atomic mass is 16.6. The Kier molecular flexibility index (Phi) is 6.48. The van der Waals surface area contributed by atoms with Gasteiger partial charge >= 0.3 is 0 Å². The summed E-state index contributed by atoms with van der Waals surface area (Å²) >= 11 is 0. The summed E-state index contributed by atoms with van der Waals surface area (Å²) in [5.41, 5.74) is 6.17. The lowest BCUT2D eigenvalue weighted by atomic mass is 9.93. The molecule has 10 nitrogen and oxygen atoms in total. The average Bonchev–Trinajstić information content (AvgIpc) is 3.15. The molecule has 2 N–H and O–H groups in total. The summed E-state index contributed by atoms with van der Waals surface area (Å²) in [5.74, 6) is 0.547. The number of amides is 2. The summed E-state index contributed by atoms with van der Waals surface area (Å²) < 4.78 is 5.88. The standard InChI is InChI=1S/C24H23N5O5/c1-14-10-11-25-20(12-14)26-24(31)23-15(2)22-18(4-3-5-19(22)34-23)27-28-21(30)13-16-6-8-17(9-7-16)29(32)33/h6-12H,3-5,13H2,1-2H3,(H,28,30)(H,25,26,31)/b27-18+. The number of carbonyl (C=O) groups is 2. The zero-order valence-corrected chi connectivity index (χ0v) is 18.8. The van der Waals surface area contributed by atoms with Gasteiger partial charge < -0.3 is 9.73 Å². The van der Waals surface area contributed by atoms with Gasteiger partial charge in [0, 0.05) is 35.9 Å². The number of nitro groups is 1. The van der Waals surface area contributed by atoms with E-state index >= 15 is 0 Å². The van der Waals surface area contributed by atoms with Gasteiger partial charge in [0.2, 0.25) is 5.91 Å². The monoisotopic (exact) mass is 461 g/mol. The van der Waals surface area contributed by atoms with Crippen molar-refractivity contribution < 1.29 is 18.9 Å². The molecule has 1 aliphatic carbocycles. The Morgan fingerprint density at radius 1 is 1.18 bits per heavy atom. The Balaban J connectivity index is 1.48. The van der Waals surface area contributed by atoms with Gasteiger partial charge in [0.15, 0.2) is 5.76 Å². The van der Waals surface area contributed by atoms with Gasteiger partial charge in [0.05, 0.1) is 17.1 Å². The molecule has 0 saturated heterocycles. The fourth-order valence-electron chi connectivity index (χ4n) is 3.86. The summed E-state index contributed by atoms with van der Waals surface area (Å²) in [6.07, 6.45) is 3.73. The lowest BCUT2D eigenvalue weighted by Gasteiger charge is -2.13. The first kappa shape index (κ1) is 22.8. The summed E-state index contributed by atoms with van der Waals surface area (Å²) in [4.78, 5) is 39.6. The summed E-state index contributed by atoms with van der Waals surface area (Å²) in [7, 11) is 0. The molecule has 0 saturated carbocycles. The smallest absolute Gasteiger partial charge is 0.292 e. The number of fused-ring (bicyclic) bond motifs is 1. The lowest BCUT2D eigenvalue weighted by Crippen LogP contribution is -2.23. The van der Waals surface area contributed by atoms with Gasteiger partial charge in [0.25, 0.3) is 11.6 Å². The zero-order chi connectivity index (χ0) is 24.2. The predicted octanol–water partition coefficient (Wildman–Crippen LogP) is 3.85. The van der Waals surface area contributed by atoms with Crippen LogP contribution >= 0.6 is 0 Å². The van der Waals surface area contributed by atoms with Crippen LogP contribution in [0.25, 0.3) is 0 Å². The SMILES string of the molecule is Cc1ccnc(NC(=O)c2oc3c(c2C)/C(=N/NC(=O)Cc2ccc([N+](=O)[O-])cc2)CCC3)c1. The van der Waals surface area contributed by atoms with Crippen molar-refractivity contribution in [2.75, 3.05) is 5.32 Å². The second kappa shape index (κ2) is 9.65. The number of nitrogens with zero attached hydrogens (tertiary/aromatic N) is 3. The molecule has 34 heavy (non-hydrogen) atoms. The third-order valence-corrected chi connectivity index (χ3v) is 5.52. The molecular weight excluding hydrogens is 438 g/mol. The Morgan fingerprint density at radius 3 is 2.65 bits per heavy atom. The van der Waals surface area contributed by atoms with Gasteiger partial charge in [-0.05, 0) is 49.9 Å². The molecule has 1 aliphatic rings. The van der Waals surface area contributed by atoms with Crippen LogP contribution in [0.1, 0.15) is 51.4 Å². The second-order valence-corrected chi connectivity index (χ2v) is 8.07. The van der Waals surface area contributed by atoms with Crippen LogP contribution in [0.4, 0.5) is 11.5 Å². The largest absolute Gasteiger partial charge is 0.455 e. The number of non-ortho nitro benzene ring substituents is 1. The molecule has 4 rings (SSSR count). The number of anilines is 1. The van der Waals surface area contributed by atoms with Crippen molar-refractivity contribution in [3.05, 3.63) is 86.5 Å². The van der Waals surface area contributed by atoms with E-state index in [2.05, 4.69) is 20.8 Å². The number of pyridine rings is 1. The van der Waals surface area contributed by atoms with E-state index in [1.54, 1.807) is 19.2 Å². The van der Waals surface area contributed by atoms with Crippen molar-refractivity contribution in [3.63, 3.8) is 0 Å². The number of hydrogen-bond donors (Lipinski definition) is 2. The molecule has 0 radical (unpaired) electrons. The van der Waals surface area contributed by atoms with Crippen molar-refractivity contribution in [2.24, 2.45) is 5.10 Å². The van der Waals surface area contributed by atoms with Crippen molar-refractivity contribution in [1.29, 1.82) is 0 Å². The first-order valence-electron chi connectivity index (χ1n) is 10.8. The Labute approximate surface area is 195 Å². The number of rotatable bonds is 6. The average molecular weight is 461 g/mol. The third kappa shape index (κ3) is 5.01. The van der Waals surface area contributed by atoms with E-state index < -0.39 is 10.8 Å².